The highest BCUT2D eigenvalue weighted by atomic mass is 16.7. The van der Waals surface area contributed by atoms with Gasteiger partial charge in [-0.25, -0.2) is 9.59 Å². The van der Waals surface area contributed by atoms with Gasteiger partial charge in [0.2, 0.25) is 6.79 Å². The molecule has 0 unspecified atom stereocenters. The SMILES string of the molecule is C.C.C=CC(=O)OCOC(=O)C=C. The Morgan fingerprint density at radius 1 is 1.00 bits per heavy atom. The molecule has 0 rings (SSSR count). The zero-order chi connectivity index (χ0) is 8.69. The van der Waals surface area contributed by atoms with Gasteiger partial charge in [0.15, 0.2) is 0 Å². The van der Waals surface area contributed by atoms with Crippen molar-refractivity contribution in [1.29, 1.82) is 0 Å². The Morgan fingerprint density at radius 2 is 1.31 bits per heavy atom. The molecule has 0 N–H and O–H groups in total. The van der Waals surface area contributed by atoms with Crippen molar-refractivity contribution in [2.75, 3.05) is 6.79 Å². The van der Waals surface area contributed by atoms with Crippen molar-refractivity contribution in [2.45, 2.75) is 14.9 Å². The third-order valence-electron chi connectivity index (χ3n) is 0.736. The lowest BCUT2D eigenvalue weighted by molar-refractivity contribution is -0.160. The maximum atomic E-state index is 10.3. The fourth-order valence-electron chi connectivity index (χ4n) is 0.263. The molecular formula is C9H16O4. The summed E-state index contributed by atoms with van der Waals surface area (Å²) in [5.41, 5.74) is 0. The summed E-state index contributed by atoms with van der Waals surface area (Å²) in [7, 11) is 0. The van der Waals surface area contributed by atoms with Crippen LogP contribution in [0.15, 0.2) is 25.3 Å². The summed E-state index contributed by atoms with van der Waals surface area (Å²) in [4.78, 5) is 20.6. The van der Waals surface area contributed by atoms with Gasteiger partial charge in [-0.3, -0.25) is 0 Å². The van der Waals surface area contributed by atoms with E-state index in [-0.39, 0.29) is 14.9 Å². The van der Waals surface area contributed by atoms with Crippen molar-refractivity contribution >= 4 is 11.9 Å². The molecule has 0 radical (unpaired) electrons. The number of rotatable bonds is 4. The molecule has 4 nitrogen and oxygen atoms in total. The largest absolute Gasteiger partial charge is 0.425 e. The topological polar surface area (TPSA) is 52.6 Å². The summed E-state index contributed by atoms with van der Waals surface area (Å²) in [5.74, 6) is -1.27. The smallest absolute Gasteiger partial charge is 0.333 e. The Bertz CT molecular complexity index is 164. The molecule has 0 aliphatic carbocycles. The van der Waals surface area contributed by atoms with E-state index in [9.17, 15) is 9.59 Å². The van der Waals surface area contributed by atoms with E-state index in [2.05, 4.69) is 22.6 Å². The molecule has 0 aromatic rings. The molecule has 0 aromatic carbocycles. The zero-order valence-corrected chi connectivity index (χ0v) is 5.91. The first kappa shape index (κ1) is 17.5. The Kier molecular flexibility index (Phi) is 14.0. The van der Waals surface area contributed by atoms with Gasteiger partial charge in [-0.2, -0.15) is 0 Å². The summed E-state index contributed by atoms with van der Waals surface area (Å²) >= 11 is 0. The molecule has 13 heavy (non-hydrogen) atoms. The maximum absolute atomic E-state index is 10.3. The van der Waals surface area contributed by atoms with Gasteiger partial charge in [-0.1, -0.05) is 28.0 Å². The van der Waals surface area contributed by atoms with Crippen molar-refractivity contribution in [1.82, 2.24) is 0 Å². The Hall–Kier alpha value is -1.58. The number of esters is 2. The van der Waals surface area contributed by atoms with Gasteiger partial charge in [0, 0.05) is 12.2 Å². The van der Waals surface area contributed by atoms with E-state index in [0.717, 1.165) is 12.2 Å². The summed E-state index contributed by atoms with van der Waals surface area (Å²) in [5, 5.41) is 0. The lowest BCUT2D eigenvalue weighted by atomic mass is 10.7. The minimum atomic E-state index is -0.637. The second-order valence-electron chi connectivity index (χ2n) is 1.45. The van der Waals surface area contributed by atoms with E-state index in [1.807, 2.05) is 0 Å². The van der Waals surface area contributed by atoms with Gasteiger partial charge in [-0.05, 0) is 0 Å². The first-order valence-electron chi connectivity index (χ1n) is 2.79. The number of ether oxygens (including phenoxy) is 2. The van der Waals surface area contributed by atoms with Crippen molar-refractivity contribution in [3.63, 3.8) is 0 Å². The van der Waals surface area contributed by atoms with E-state index >= 15 is 0 Å². The Labute approximate surface area is 78.8 Å². The fourth-order valence-corrected chi connectivity index (χ4v) is 0.263. The molecule has 0 atom stereocenters. The number of hydrogen-bond donors (Lipinski definition) is 0. The van der Waals surface area contributed by atoms with Crippen LogP contribution in [0.1, 0.15) is 14.9 Å². The third-order valence-corrected chi connectivity index (χ3v) is 0.736. The summed E-state index contributed by atoms with van der Waals surface area (Å²) in [6, 6.07) is 0. The second-order valence-corrected chi connectivity index (χ2v) is 1.45. The Morgan fingerprint density at radius 3 is 1.54 bits per heavy atom. The van der Waals surface area contributed by atoms with Crippen molar-refractivity contribution in [2.24, 2.45) is 0 Å². The van der Waals surface area contributed by atoms with Crippen LogP contribution in [0.5, 0.6) is 0 Å². The van der Waals surface area contributed by atoms with Crippen molar-refractivity contribution in [3.8, 4) is 0 Å². The van der Waals surface area contributed by atoms with E-state index in [4.69, 9.17) is 0 Å². The van der Waals surface area contributed by atoms with Crippen molar-refractivity contribution in [3.05, 3.63) is 25.3 Å². The third kappa shape index (κ3) is 10.4. The molecule has 0 aliphatic heterocycles. The molecule has 0 fully saturated rings. The monoisotopic (exact) mass is 188 g/mol. The van der Waals surface area contributed by atoms with Crippen LogP contribution in [0.25, 0.3) is 0 Å². The normalized spacial score (nSPS) is 6.77. The molecule has 0 aliphatic rings. The highest BCUT2D eigenvalue weighted by Crippen LogP contribution is 1.83. The summed E-state index contributed by atoms with van der Waals surface area (Å²) in [6.07, 6.45) is 1.95. The van der Waals surface area contributed by atoms with Gasteiger partial charge >= 0.3 is 11.9 Å². The summed E-state index contributed by atoms with van der Waals surface area (Å²) < 4.78 is 8.63. The van der Waals surface area contributed by atoms with Gasteiger partial charge < -0.3 is 9.47 Å². The van der Waals surface area contributed by atoms with Gasteiger partial charge in [-0.15, -0.1) is 0 Å². The zero-order valence-electron chi connectivity index (χ0n) is 5.91. The quantitative estimate of drug-likeness (QED) is 0.382. The summed E-state index contributed by atoms with van der Waals surface area (Å²) in [6.45, 7) is 5.88. The predicted molar refractivity (Wildman–Crippen MR) is 50.9 cm³/mol. The fraction of sp³-hybridized carbons (Fsp3) is 0.333. The molecule has 4 heteroatoms. The van der Waals surface area contributed by atoms with Crippen LogP contribution in [0, 0.1) is 0 Å². The molecule has 0 amide bonds. The molecule has 0 aromatic heterocycles. The minimum absolute atomic E-state index is 0. The molecule has 0 bridgehead atoms. The lowest BCUT2D eigenvalue weighted by Crippen LogP contribution is -2.08. The maximum Gasteiger partial charge on any atom is 0.333 e. The average Bonchev–Trinajstić information content (AvgIpc) is 2.04. The minimum Gasteiger partial charge on any atom is -0.425 e. The lowest BCUT2D eigenvalue weighted by Gasteiger charge is -2.00. The molecule has 0 saturated carbocycles. The number of carbonyl (C=O) groups excluding carboxylic acids is 2. The van der Waals surface area contributed by atoms with Crippen LogP contribution in [0.2, 0.25) is 0 Å². The molecule has 0 saturated heterocycles. The van der Waals surface area contributed by atoms with E-state index in [0.29, 0.717) is 0 Å². The van der Waals surface area contributed by atoms with Crippen molar-refractivity contribution < 1.29 is 19.1 Å². The number of carbonyl (C=O) groups is 2. The van der Waals surface area contributed by atoms with E-state index in [1.54, 1.807) is 0 Å². The van der Waals surface area contributed by atoms with Crippen LogP contribution < -0.4 is 0 Å². The Balaban J connectivity index is -0.000000500. The molecule has 76 valence electrons. The molecular weight excluding hydrogens is 172 g/mol. The molecule has 0 spiro atoms. The highest BCUT2D eigenvalue weighted by Gasteiger charge is 1.97. The van der Waals surface area contributed by atoms with Crippen LogP contribution in [-0.4, -0.2) is 18.7 Å². The van der Waals surface area contributed by atoms with Gasteiger partial charge in [0.05, 0.1) is 0 Å². The van der Waals surface area contributed by atoms with Crippen LogP contribution in [0.4, 0.5) is 0 Å². The van der Waals surface area contributed by atoms with E-state index in [1.165, 1.54) is 0 Å². The van der Waals surface area contributed by atoms with E-state index < -0.39 is 18.7 Å². The second kappa shape index (κ2) is 10.4. The van der Waals surface area contributed by atoms with Crippen LogP contribution in [0.3, 0.4) is 0 Å². The standard InChI is InChI=1S/C7H8O4.2CH4/c1-3-6(8)10-5-11-7(9)4-2;;/h3-4H,1-2,5H2;2*1H4. The average molecular weight is 188 g/mol. The number of hydrogen-bond acceptors (Lipinski definition) is 4. The first-order valence-corrected chi connectivity index (χ1v) is 2.79. The van der Waals surface area contributed by atoms with Crippen LogP contribution >= 0.6 is 0 Å². The highest BCUT2D eigenvalue weighted by molar-refractivity contribution is 5.82. The first-order chi connectivity index (χ1) is 5.20. The van der Waals surface area contributed by atoms with Gasteiger partial charge in [0.1, 0.15) is 0 Å². The predicted octanol–water partition coefficient (Wildman–Crippen LogP) is 1.67. The van der Waals surface area contributed by atoms with Gasteiger partial charge in [0.25, 0.3) is 0 Å². The van der Waals surface area contributed by atoms with Crippen LogP contribution in [-0.2, 0) is 19.1 Å². The molecule has 0 heterocycles.